The average molecular weight is 481 g/mol. The van der Waals surface area contributed by atoms with Gasteiger partial charge >= 0.3 is 0 Å². The first-order valence-electron chi connectivity index (χ1n) is 13.1. The van der Waals surface area contributed by atoms with Crippen LogP contribution in [0.25, 0.3) is 0 Å². The Balaban J connectivity index is 1.74. The van der Waals surface area contributed by atoms with E-state index < -0.39 is 52.4 Å². The standard InChI is InChI=1S/C27H44O7/c1-14(2)6-7-19(28)15(3)16-8-9-26(32)18-11-20(29)17-10-21(30)22(31)12-24(17,4)23(18)27(33,34)13-25(16,26)5/h11,14-17,19,21-23,28,30-34H,6-10,12-13H2,1-5H3/t15-,16+,17-,19+,21+,22-,23-,24-,25+,26+/m0/s1. The molecule has 0 spiro atoms. The summed E-state index contributed by atoms with van der Waals surface area (Å²) in [5.41, 5.74) is -2.99. The quantitative estimate of drug-likeness (QED) is 0.331. The maximum absolute atomic E-state index is 13.3. The predicted molar refractivity (Wildman–Crippen MR) is 126 cm³/mol. The monoisotopic (exact) mass is 480 g/mol. The molecule has 4 rings (SSSR count). The van der Waals surface area contributed by atoms with E-state index in [0.29, 0.717) is 30.8 Å². The zero-order chi connectivity index (χ0) is 25.4. The molecule has 194 valence electrons. The molecule has 0 aromatic rings. The lowest BCUT2D eigenvalue weighted by Crippen LogP contribution is -2.69. The van der Waals surface area contributed by atoms with Crippen molar-refractivity contribution in [2.75, 3.05) is 0 Å². The molecule has 4 aliphatic rings. The normalized spacial score (nSPS) is 47.5. The third kappa shape index (κ3) is 3.65. The number of aliphatic hydroxyl groups is 6. The second kappa shape index (κ2) is 8.35. The van der Waals surface area contributed by atoms with Crippen LogP contribution in [-0.2, 0) is 4.79 Å². The average Bonchev–Trinajstić information content (AvgIpc) is 2.97. The van der Waals surface area contributed by atoms with Gasteiger partial charge in [-0.1, -0.05) is 34.6 Å². The number of fused-ring (bicyclic) bond motifs is 5. The van der Waals surface area contributed by atoms with E-state index in [-0.39, 0.29) is 36.9 Å². The van der Waals surface area contributed by atoms with Crippen LogP contribution in [0.2, 0.25) is 0 Å². The molecule has 0 heterocycles. The van der Waals surface area contributed by atoms with Crippen molar-refractivity contribution >= 4 is 5.78 Å². The van der Waals surface area contributed by atoms with Crippen molar-refractivity contribution in [2.45, 2.75) is 109 Å². The van der Waals surface area contributed by atoms with E-state index in [1.165, 1.54) is 6.08 Å². The van der Waals surface area contributed by atoms with Crippen LogP contribution in [0.15, 0.2) is 11.6 Å². The molecule has 0 unspecified atom stereocenters. The predicted octanol–water partition coefficient (Wildman–Crippen LogP) is 1.91. The smallest absolute Gasteiger partial charge is 0.170 e. The van der Waals surface area contributed by atoms with Gasteiger partial charge in [0.2, 0.25) is 0 Å². The van der Waals surface area contributed by atoms with Crippen LogP contribution in [0.1, 0.15) is 79.6 Å². The topological polar surface area (TPSA) is 138 Å². The molecule has 10 atom stereocenters. The van der Waals surface area contributed by atoms with Gasteiger partial charge < -0.3 is 30.6 Å². The molecule has 34 heavy (non-hydrogen) atoms. The molecule has 0 saturated heterocycles. The minimum absolute atomic E-state index is 0.0516. The highest BCUT2D eigenvalue weighted by Crippen LogP contribution is 2.70. The van der Waals surface area contributed by atoms with Crippen molar-refractivity contribution in [1.29, 1.82) is 0 Å². The van der Waals surface area contributed by atoms with E-state index in [1.807, 2.05) is 13.8 Å². The zero-order valence-electron chi connectivity index (χ0n) is 21.2. The molecule has 3 fully saturated rings. The number of carbonyl (C=O) groups is 1. The minimum Gasteiger partial charge on any atom is -0.393 e. The van der Waals surface area contributed by atoms with Gasteiger partial charge in [-0.3, -0.25) is 4.79 Å². The fourth-order valence-corrected chi connectivity index (χ4v) is 8.53. The Morgan fingerprint density at radius 1 is 1.06 bits per heavy atom. The van der Waals surface area contributed by atoms with Gasteiger partial charge in [0.1, 0.15) is 0 Å². The summed E-state index contributed by atoms with van der Waals surface area (Å²) in [4.78, 5) is 13.3. The van der Waals surface area contributed by atoms with Crippen molar-refractivity contribution in [2.24, 2.45) is 40.4 Å². The van der Waals surface area contributed by atoms with Crippen LogP contribution in [0.4, 0.5) is 0 Å². The number of ketones is 1. The Hall–Kier alpha value is -0.830. The number of rotatable bonds is 5. The van der Waals surface area contributed by atoms with Gasteiger partial charge in [0.25, 0.3) is 0 Å². The van der Waals surface area contributed by atoms with E-state index >= 15 is 0 Å². The summed E-state index contributed by atoms with van der Waals surface area (Å²) in [5, 5.41) is 66.9. The molecule has 0 aromatic heterocycles. The third-order valence-corrected chi connectivity index (χ3v) is 10.4. The van der Waals surface area contributed by atoms with Gasteiger partial charge in [-0.25, -0.2) is 0 Å². The van der Waals surface area contributed by atoms with E-state index in [4.69, 9.17) is 0 Å². The summed E-state index contributed by atoms with van der Waals surface area (Å²) in [6.07, 6.45) is 1.30. The van der Waals surface area contributed by atoms with Crippen molar-refractivity contribution in [3.05, 3.63) is 11.6 Å². The SMILES string of the molecule is CC(C)CC[C@@H](O)[C@@H](C)[C@H]1CC[C@@]2(O)C3=CC(=O)[C@@H]4C[C@@H](O)[C@@H](O)C[C@]4(C)[C@H]3C(O)(O)C[C@]12C. The van der Waals surface area contributed by atoms with Crippen LogP contribution in [0.5, 0.6) is 0 Å². The number of hydrogen-bond acceptors (Lipinski definition) is 7. The Morgan fingerprint density at radius 3 is 2.32 bits per heavy atom. The van der Waals surface area contributed by atoms with Gasteiger partial charge in [0.15, 0.2) is 11.6 Å². The molecule has 0 aromatic carbocycles. The van der Waals surface area contributed by atoms with E-state index in [1.54, 1.807) is 6.92 Å². The Bertz CT molecular complexity index is 852. The summed E-state index contributed by atoms with van der Waals surface area (Å²) in [6.45, 7) is 9.85. The van der Waals surface area contributed by atoms with Crippen LogP contribution < -0.4 is 0 Å². The number of carbonyl (C=O) groups excluding carboxylic acids is 1. The largest absolute Gasteiger partial charge is 0.393 e. The third-order valence-electron chi connectivity index (χ3n) is 10.4. The molecule has 3 saturated carbocycles. The number of allylic oxidation sites excluding steroid dienone is 1. The van der Waals surface area contributed by atoms with Crippen LogP contribution in [0, 0.1) is 40.4 Å². The van der Waals surface area contributed by atoms with Crippen molar-refractivity contribution in [1.82, 2.24) is 0 Å². The second-order valence-corrected chi connectivity index (χ2v) is 12.9. The van der Waals surface area contributed by atoms with Crippen LogP contribution in [-0.4, -0.2) is 66.1 Å². The molecule has 0 bridgehead atoms. The first-order chi connectivity index (χ1) is 15.6. The lowest BCUT2D eigenvalue weighted by Gasteiger charge is -2.63. The Morgan fingerprint density at radius 2 is 1.71 bits per heavy atom. The van der Waals surface area contributed by atoms with Gasteiger partial charge in [-0.15, -0.1) is 0 Å². The van der Waals surface area contributed by atoms with Crippen molar-refractivity contribution in [3.8, 4) is 0 Å². The molecule has 0 radical (unpaired) electrons. The van der Waals surface area contributed by atoms with Gasteiger partial charge in [-0.05, 0) is 73.3 Å². The highest BCUT2D eigenvalue weighted by Gasteiger charge is 2.73. The lowest BCUT2D eigenvalue weighted by atomic mass is 9.44. The first kappa shape index (κ1) is 26.2. The van der Waals surface area contributed by atoms with E-state index in [9.17, 15) is 35.4 Å². The van der Waals surface area contributed by atoms with Gasteiger partial charge in [0.05, 0.1) is 23.9 Å². The lowest BCUT2D eigenvalue weighted by molar-refractivity contribution is -0.291. The Labute approximate surface area is 202 Å². The summed E-state index contributed by atoms with van der Waals surface area (Å²) >= 11 is 0. The van der Waals surface area contributed by atoms with Crippen LogP contribution in [0.3, 0.4) is 0 Å². The molecule has 6 N–H and O–H groups in total. The Kier molecular flexibility index (Phi) is 6.45. The first-order valence-corrected chi connectivity index (χ1v) is 13.1. The van der Waals surface area contributed by atoms with Crippen LogP contribution >= 0.6 is 0 Å². The highest BCUT2D eigenvalue weighted by molar-refractivity contribution is 5.95. The fourth-order valence-electron chi connectivity index (χ4n) is 8.53. The molecular weight excluding hydrogens is 436 g/mol. The van der Waals surface area contributed by atoms with Gasteiger partial charge in [0, 0.05) is 23.7 Å². The molecule has 7 heteroatoms. The summed E-state index contributed by atoms with van der Waals surface area (Å²) < 4.78 is 0. The molecular formula is C27H44O7. The summed E-state index contributed by atoms with van der Waals surface area (Å²) in [6, 6.07) is 0. The highest BCUT2D eigenvalue weighted by atomic mass is 16.5. The van der Waals surface area contributed by atoms with Crippen molar-refractivity contribution < 1.29 is 35.4 Å². The number of aliphatic hydroxyl groups excluding tert-OH is 3. The molecule has 0 amide bonds. The molecule has 4 aliphatic carbocycles. The second-order valence-electron chi connectivity index (χ2n) is 12.9. The molecule has 7 nitrogen and oxygen atoms in total. The van der Waals surface area contributed by atoms with Crippen molar-refractivity contribution in [3.63, 3.8) is 0 Å². The minimum atomic E-state index is -2.20. The van der Waals surface area contributed by atoms with E-state index in [2.05, 4.69) is 13.8 Å². The van der Waals surface area contributed by atoms with Gasteiger partial charge in [-0.2, -0.15) is 0 Å². The summed E-state index contributed by atoms with van der Waals surface area (Å²) in [7, 11) is 0. The zero-order valence-corrected chi connectivity index (χ0v) is 21.2. The molecule has 0 aliphatic heterocycles. The summed E-state index contributed by atoms with van der Waals surface area (Å²) in [5.74, 6) is -3.86. The maximum atomic E-state index is 13.3. The fraction of sp³-hybridized carbons (Fsp3) is 0.889. The number of hydrogen-bond donors (Lipinski definition) is 6. The van der Waals surface area contributed by atoms with E-state index in [0.717, 1.165) is 6.42 Å². The maximum Gasteiger partial charge on any atom is 0.170 e.